The number of rotatable bonds is 10. The molecule has 2 aromatic rings. The summed E-state index contributed by atoms with van der Waals surface area (Å²) in [6.45, 7) is 8.29. The number of hydrogen-bond donors (Lipinski definition) is 2. The molecule has 0 spiro atoms. The van der Waals surface area contributed by atoms with Crippen molar-refractivity contribution in [3.05, 3.63) is 59.7 Å². The molecular weight excluding hydrogens is 400 g/mol. The van der Waals surface area contributed by atoms with Gasteiger partial charge in [-0.15, -0.1) is 0 Å². The summed E-state index contributed by atoms with van der Waals surface area (Å²) >= 11 is 0. The van der Waals surface area contributed by atoms with Crippen LogP contribution in [-0.4, -0.2) is 49.9 Å². The lowest BCUT2D eigenvalue weighted by Crippen LogP contribution is -2.09. The fourth-order valence-electron chi connectivity index (χ4n) is 3.84. The number of epoxide rings is 2. The van der Waals surface area contributed by atoms with Crippen molar-refractivity contribution in [2.45, 2.75) is 24.4 Å². The lowest BCUT2D eigenvalue weighted by Gasteiger charge is -2.11. The number of hydrogen-bond acceptors (Lipinski definition) is 7. The largest absolute Gasteiger partial charge is 0.504 e. The van der Waals surface area contributed by atoms with E-state index in [4.69, 9.17) is 23.7 Å². The van der Waals surface area contributed by atoms with Crippen LogP contribution in [0.4, 0.5) is 0 Å². The molecule has 0 bridgehead atoms. The molecule has 2 N–H and O–H groups in total. The first-order valence-electron chi connectivity index (χ1n) is 9.97. The van der Waals surface area contributed by atoms with Crippen LogP contribution in [0.25, 0.3) is 12.2 Å². The van der Waals surface area contributed by atoms with Gasteiger partial charge in [0.2, 0.25) is 0 Å². The zero-order valence-corrected chi connectivity index (χ0v) is 17.5. The number of aromatic hydroxyl groups is 2. The standard InChI is InChI=1S/C24H26O7/c1-5-13-7-9-15(27-3)21(25)19(13)23-17(30-23)11-29-12-18-24(31-18)20-14(6-2)8-10-16(28-4)22(20)26/h5-10,17-18,23-26H,1-2,11-12H2,3-4H3. The first-order chi connectivity index (χ1) is 15.0. The first-order valence-corrected chi connectivity index (χ1v) is 9.97. The van der Waals surface area contributed by atoms with Crippen molar-refractivity contribution in [1.29, 1.82) is 0 Å². The van der Waals surface area contributed by atoms with Crippen LogP contribution in [0.1, 0.15) is 34.5 Å². The molecule has 0 aliphatic carbocycles. The molecule has 2 saturated heterocycles. The smallest absolute Gasteiger partial charge is 0.164 e. The summed E-state index contributed by atoms with van der Waals surface area (Å²) in [6.07, 6.45) is 2.43. The van der Waals surface area contributed by atoms with Crippen molar-refractivity contribution in [3.8, 4) is 23.0 Å². The fraction of sp³-hybridized carbons (Fsp3) is 0.333. The maximum Gasteiger partial charge on any atom is 0.164 e. The lowest BCUT2D eigenvalue weighted by atomic mass is 10.0. The van der Waals surface area contributed by atoms with Crippen LogP contribution >= 0.6 is 0 Å². The third-order valence-electron chi connectivity index (χ3n) is 5.61. The Labute approximate surface area is 181 Å². The highest BCUT2D eigenvalue weighted by atomic mass is 16.6. The molecule has 0 amide bonds. The molecule has 4 atom stereocenters. The van der Waals surface area contributed by atoms with Gasteiger partial charge in [-0.1, -0.05) is 37.4 Å². The molecule has 2 aliphatic rings. The highest BCUT2D eigenvalue weighted by molar-refractivity contribution is 5.63. The number of phenols is 2. The minimum absolute atomic E-state index is 0.0587. The van der Waals surface area contributed by atoms with E-state index in [0.717, 1.165) is 11.1 Å². The van der Waals surface area contributed by atoms with Crippen molar-refractivity contribution in [3.63, 3.8) is 0 Å². The van der Waals surface area contributed by atoms with Gasteiger partial charge in [0.1, 0.15) is 24.4 Å². The SMILES string of the molecule is C=Cc1ccc(OC)c(O)c1C1OC1COCC1OC1c1c(C=C)ccc(OC)c1O. The average Bonchev–Trinajstić information content (AvgIpc) is 3.70. The molecule has 2 aliphatic heterocycles. The van der Waals surface area contributed by atoms with Gasteiger partial charge in [0.25, 0.3) is 0 Å². The van der Waals surface area contributed by atoms with Crippen LogP contribution in [0, 0.1) is 0 Å². The first kappa shape index (κ1) is 21.2. The van der Waals surface area contributed by atoms with Gasteiger partial charge < -0.3 is 33.9 Å². The Hall–Kier alpha value is -3.00. The normalized spacial score (nSPS) is 23.8. The van der Waals surface area contributed by atoms with E-state index in [1.165, 1.54) is 14.2 Å². The third kappa shape index (κ3) is 3.99. The Balaban J connectivity index is 1.34. The second-order valence-electron chi connectivity index (χ2n) is 7.37. The molecule has 7 nitrogen and oxygen atoms in total. The van der Waals surface area contributed by atoms with E-state index in [1.54, 1.807) is 24.3 Å². The fourth-order valence-corrected chi connectivity index (χ4v) is 3.84. The summed E-state index contributed by atoms with van der Waals surface area (Å²) in [5.41, 5.74) is 2.89. The molecule has 4 unspecified atom stereocenters. The summed E-state index contributed by atoms with van der Waals surface area (Å²) < 4.78 is 27.6. The van der Waals surface area contributed by atoms with Crippen LogP contribution in [-0.2, 0) is 14.2 Å². The van der Waals surface area contributed by atoms with Gasteiger partial charge in [0, 0.05) is 11.1 Å². The molecule has 2 heterocycles. The summed E-state index contributed by atoms with van der Waals surface area (Å²) in [5, 5.41) is 21.0. The van der Waals surface area contributed by atoms with Gasteiger partial charge in [-0.2, -0.15) is 0 Å². The molecule has 0 radical (unpaired) electrons. The maximum absolute atomic E-state index is 10.5. The summed E-state index contributed by atoms with van der Waals surface area (Å²) in [4.78, 5) is 0. The maximum atomic E-state index is 10.5. The number of ether oxygens (including phenoxy) is 5. The highest BCUT2D eigenvalue weighted by Crippen LogP contribution is 2.49. The second kappa shape index (κ2) is 8.63. The summed E-state index contributed by atoms with van der Waals surface area (Å²) in [7, 11) is 3.01. The van der Waals surface area contributed by atoms with Crippen molar-refractivity contribution in [1.82, 2.24) is 0 Å². The van der Waals surface area contributed by atoms with E-state index in [2.05, 4.69) is 13.2 Å². The van der Waals surface area contributed by atoms with Crippen molar-refractivity contribution in [2.24, 2.45) is 0 Å². The molecule has 2 aromatic carbocycles. The van der Waals surface area contributed by atoms with E-state index in [0.29, 0.717) is 35.8 Å². The molecule has 0 saturated carbocycles. The molecule has 7 heteroatoms. The minimum Gasteiger partial charge on any atom is -0.504 e. The zero-order valence-electron chi connectivity index (χ0n) is 17.5. The Morgan fingerprint density at radius 1 is 0.806 bits per heavy atom. The van der Waals surface area contributed by atoms with Gasteiger partial charge in [-0.3, -0.25) is 0 Å². The zero-order chi connectivity index (χ0) is 22.1. The van der Waals surface area contributed by atoms with Crippen molar-refractivity contribution in [2.75, 3.05) is 27.4 Å². The van der Waals surface area contributed by atoms with Gasteiger partial charge in [0.05, 0.1) is 27.4 Å². The topological polar surface area (TPSA) is 93.2 Å². The van der Waals surface area contributed by atoms with Gasteiger partial charge in [-0.25, -0.2) is 0 Å². The highest BCUT2D eigenvalue weighted by Gasteiger charge is 2.46. The van der Waals surface area contributed by atoms with Crippen LogP contribution in [0.15, 0.2) is 37.4 Å². The Kier molecular flexibility index (Phi) is 5.91. The van der Waals surface area contributed by atoms with Crippen LogP contribution in [0.2, 0.25) is 0 Å². The van der Waals surface area contributed by atoms with Crippen LogP contribution in [0.3, 0.4) is 0 Å². The number of benzene rings is 2. The van der Waals surface area contributed by atoms with E-state index >= 15 is 0 Å². The lowest BCUT2D eigenvalue weighted by molar-refractivity contribution is 0.102. The summed E-state index contributed by atoms with van der Waals surface area (Å²) in [6, 6.07) is 7.06. The van der Waals surface area contributed by atoms with Gasteiger partial charge in [-0.05, 0) is 23.3 Å². The Morgan fingerprint density at radius 2 is 1.23 bits per heavy atom. The van der Waals surface area contributed by atoms with Gasteiger partial charge in [0.15, 0.2) is 23.0 Å². The quantitative estimate of drug-likeness (QED) is 0.555. The molecule has 2 fully saturated rings. The Bertz CT molecular complexity index is 920. The molecule has 0 aromatic heterocycles. The molecule has 31 heavy (non-hydrogen) atoms. The van der Waals surface area contributed by atoms with Crippen molar-refractivity contribution >= 4 is 12.2 Å². The number of methoxy groups -OCH3 is 2. The third-order valence-corrected chi connectivity index (χ3v) is 5.61. The number of phenolic OH excluding ortho intramolecular Hbond substituents is 2. The minimum atomic E-state index is -0.284. The van der Waals surface area contributed by atoms with E-state index in [9.17, 15) is 10.2 Å². The van der Waals surface area contributed by atoms with Gasteiger partial charge >= 0.3 is 0 Å². The predicted octanol–water partition coefficient (Wildman–Crippen LogP) is 4.00. The van der Waals surface area contributed by atoms with E-state index in [-0.39, 0.29) is 35.9 Å². The van der Waals surface area contributed by atoms with E-state index in [1.807, 2.05) is 12.1 Å². The van der Waals surface area contributed by atoms with E-state index < -0.39 is 0 Å². The summed E-state index contributed by atoms with van der Waals surface area (Å²) in [5.74, 6) is 0.897. The average molecular weight is 426 g/mol. The van der Waals surface area contributed by atoms with Crippen LogP contribution < -0.4 is 9.47 Å². The molecule has 4 rings (SSSR count). The predicted molar refractivity (Wildman–Crippen MR) is 116 cm³/mol. The molecule has 164 valence electrons. The second-order valence-corrected chi connectivity index (χ2v) is 7.37. The van der Waals surface area contributed by atoms with Crippen LogP contribution in [0.5, 0.6) is 23.0 Å². The van der Waals surface area contributed by atoms with Crippen molar-refractivity contribution < 1.29 is 33.9 Å². The molecular formula is C24H26O7. The Morgan fingerprint density at radius 3 is 1.58 bits per heavy atom. The monoisotopic (exact) mass is 426 g/mol.